The number of nitrogens with two attached hydrogens (primary N) is 1. The second kappa shape index (κ2) is 4.93. The van der Waals surface area contributed by atoms with Crippen molar-refractivity contribution in [3.05, 3.63) is 41.6 Å². The second-order valence-corrected chi connectivity index (χ2v) is 3.76. The van der Waals surface area contributed by atoms with Gasteiger partial charge in [-0.15, -0.1) is 0 Å². The predicted molar refractivity (Wildman–Crippen MR) is 66.7 cm³/mol. The van der Waals surface area contributed by atoms with E-state index in [0.29, 0.717) is 28.1 Å². The molecule has 0 amide bonds. The number of pyridine rings is 1. The normalized spacial score (nSPS) is 10.0. The zero-order valence-corrected chi connectivity index (χ0v) is 9.94. The van der Waals surface area contributed by atoms with Crippen LogP contribution >= 0.6 is 11.6 Å². The van der Waals surface area contributed by atoms with Crippen molar-refractivity contribution < 1.29 is 9.47 Å². The average Bonchev–Trinajstić information content (AvgIpc) is 2.34. The Hall–Kier alpha value is -1.94. The summed E-state index contributed by atoms with van der Waals surface area (Å²) in [6, 6.07) is 8.52. The van der Waals surface area contributed by atoms with Crippen LogP contribution in [0.1, 0.15) is 0 Å². The summed E-state index contributed by atoms with van der Waals surface area (Å²) in [5.74, 6) is 1.55. The van der Waals surface area contributed by atoms with Crippen LogP contribution in [0.2, 0.25) is 5.02 Å². The van der Waals surface area contributed by atoms with E-state index in [9.17, 15) is 0 Å². The molecule has 1 aromatic carbocycles. The van der Waals surface area contributed by atoms with Crippen LogP contribution in [0, 0.1) is 0 Å². The molecule has 0 radical (unpaired) electrons. The quantitative estimate of drug-likeness (QED) is 0.851. The summed E-state index contributed by atoms with van der Waals surface area (Å²) in [6.45, 7) is 0. The smallest absolute Gasteiger partial charge is 0.219 e. The van der Waals surface area contributed by atoms with Crippen molar-refractivity contribution in [3.8, 4) is 17.4 Å². The topological polar surface area (TPSA) is 57.4 Å². The van der Waals surface area contributed by atoms with Gasteiger partial charge in [-0.05, 0) is 18.2 Å². The lowest BCUT2D eigenvalue weighted by molar-refractivity contribution is 0.374. The van der Waals surface area contributed by atoms with Crippen LogP contribution in [0.4, 0.5) is 5.69 Å². The second-order valence-electron chi connectivity index (χ2n) is 3.33. The lowest BCUT2D eigenvalue weighted by Crippen LogP contribution is -1.93. The molecule has 0 saturated heterocycles. The van der Waals surface area contributed by atoms with Gasteiger partial charge < -0.3 is 15.2 Å². The molecule has 5 heteroatoms. The van der Waals surface area contributed by atoms with Gasteiger partial charge in [-0.2, -0.15) is 0 Å². The van der Waals surface area contributed by atoms with E-state index in [2.05, 4.69) is 4.98 Å². The first-order valence-electron chi connectivity index (χ1n) is 4.92. The predicted octanol–water partition coefficient (Wildman–Crippen LogP) is 3.12. The third-order valence-corrected chi connectivity index (χ3v) is 2.33. The first-order valence-corrected chi connectivity index (χ1v) is 5.30. The Bertz CT molecular complexity index is 514. The highest BCUT2D eigenvalue weighted by atomic mass is 35.5. The van der Waals surface area contributed by atoms with Crippen molar-refractivity contribution in [2.24, 2.45) is 0 Å². The zero-order valence-electron chi connectivity index (χ0n) is 9.18. The van der Waals surface area contributed by atoms with Gasteiger partial charge >= 0.3 is 0 Å². The molecule has 1 heterocycles. The maximum atomic E-state index is 5.73. The highest BCUT2D eigenvalue weighted by molar-refractivity contribution is 6.30. The van der Waals surface area contributed by atoms with Crippen LogP contribution in [0.15, 0.2) is 36.5 Å². The Kier molecular flexibility index (Phi) is 3.35. The summed E-state index contributed by atoms with van der Waals surface area (Å²) in [7, 11) is 1.55. The summed E-state index contributed by atoms with van der Waals surface area (Å²) in [5, 5.41) is 0.557. The van der Waals surface area contributed by atoms with Gasteiger partial charge in [0.1, 0.15) is 0 Å². The van der Waals surface area contributed by atoms with Crippen molar-refractivity contribution in [2.75, 3.05) is 12.8 Å². The number of rotatable bonds is 3. The van der Waals surface area contributed by atoms with Crippen LogP contribution in [0.25, 0.3) is 0 Å². The van der Waals surface area contributed by atoms with E-state index < -0.39 is 0 Å². The van der Waals surface area contributed by atoms with Crippen LogP contribution in [-0.4, -0.2) is 12.1 Å². The van der Waals surface area contributed by atoms with Gasteiger partial charge in [0.15, 0.2) is 11.5 Å². The molecule has 2 N–H and O–H groups in total. The molecule has 0 atom stereocenters. The van der Waals surface area contributed by atoms with Gasteiger partial charge in [0.25, 0.3) is 0 Å². The number of benzene rings is 1. The van der Waals surface area contributed by atoms with E-state index >= 15 is 0 Å². The Morgan fingerprint density at radius 3 is 2.65 bits per heavy atom. The fraction of sp³-hybridized carbons (Fsp3) is 0.0833. The van der Waals surface area contributed by atoms with Crippen LogP contribution in [0.5, 0.6) is 17.4 Å². The summed E-state index contributed by atoms with van der Waals surface area (Å²) in [5.41, 5.74) is 6.26. The van der Waals surface area contributed by atoms with E-state index in [1.165, 1.54) is 6.20 Å². The summed E-state index contributed by atoms with van der Waals surface area (Å²) in [6.07, 6.45) is 1.51. The molecule has 2 rings (SSSR count). The van der Waals surface area contributed by atoms with E-state index in [0.717, 1.165) is 0 Å². The number of hydrogen-bond acceptors (Lipinski definition) is 4. The van der Waals surface area contributed by atoms with Crippen LogP contribution < -0.4 is 15.2 Å². The van der Waals surface area contributed by atoms with Gasteiger partial charge in [0, 0.05) is 24.0 Å². The van der Waals surface area contributed by atoms with Crippen molar-refractivity contribution in [1.29, 1.82) is 0 Å². The third-order valence-electron chi connectivity index (χ3n) is 2.10. The minimum atomic E-state index is 0.442. The van der Waals surface area contributed by atoms with E-state index in [4.69, 9.17) is 26.8 Å². The van der Waals surface area contributed by atoms with Gasteiger partial charge in [-0.3, -0.25) is 0 Å². The first-order chi connectivity index (χ1) is 8.19. The van der Waals surface area contributed by atoms with E-state index in [1.807, 2.05) is 0 Å². The largest absolute Gasteiger partial charge is 0.493 e. The molecular formula is C12H11ClN2O2. The molecule has 1 aromatic heterocycles. The number of ether oxygens (including phenoxy) is 2. The van der Waals surface area contributed by atoms with E-state index in [1.54, 1.807) is 37.4 Å². The minimum absolute atomic E-state index is 0.442. The Morgan fingerprint density at radius 1 is 1.18 bits per heavy atom. The molecule has 17 heavy (non-hydrogen) atoms. The molecule has 0 bridgehead atoms. The lowest BCUT2D eigenvalue weighted by Gasteiger charge is -2.09. The Morgan fingerprint density at radius 2 is 2.00 bits per heavy atom. The van der Waals surface area contributed by atoms with E-state index in [-0.39, 0.29) is 0 Å². The number of anilines is 1. The Labute approximate surface area is 104 Å². The monoisotopic (exact) mass is 250 g/mol. The maximum absolute atomic E-state index is 5.73. The lowest BCUT2D eigenvalue weighted by atomic mass is 10.3. The highest BCUT2D eigenvalue weighted by Gasteiger charge is 2.06. The summed E-state index contributed by atoms with van der Waals surface area (Å²) < 4.78 is 10.7. The third kappa shape index (κ3) is 2.79. The summed E-state index contributed by atoms with van der Waals surface area (Å²) in [4.78, 5) is 4.03. The highest BCUT2D eigenvalue weighted by Crippen LogP contribution is 2.32. The number of hydrogen-bond donors (Lipinski definition) is 1. The molecule has 0 unspecified atom stereocenters. The first kappa shape index (κ1) is 11.5. The van der Waals surface area contributed by atoms with Gasteiger partial charge in [-0.25, -0.2) is 4.98 Å². The van der Waals surface area contributed by atoms with Gasteiger partial charge in [0.2, 0.25) is 5.88 Å². The van der Waals surface area contributed by atoms with Crippen molar-refractivity contribution >= 4 is 17.3 Å². The SMILES string of the molecule is COc1cc(N)ccc1Oc1ccc(Cl)cn1. The molecule has 4 nitrogen and oxygen atoms in total. The number of nitrogen functional groups attached to an aromatic ring is 1. The number of nitrogens with zero attached hydrogens (tertiary/aromatic N) is 1. The average molecular weight is 251 g/mol. The molecule has 2 aromatic rings. The van der Waals surface area contributed by atoms with Crippen LogP contribution in [0.3, 0.4) is 0 Å². The van der Waals surface area contributed by atoms with Crippen LogP contribution in [-0.2, 0) is 0 Å². The molecular weight excluding hydrogens is 240 g/mol. The standard InChI is InChI=1S/C12H11ClN2O2/c1-16-11-6-9(14)3-4-10(11)17-12-5-2-8(13)7-15-12/h2-7H,14H2,1H3. The maximum Gasteiger partial charge on any atom is 0.219 e. The minimum Gasteiger partial charge on any atom is -0.493 e. The zero-order chi connectivity index (χ0) is 12.3. The molecule has 0 aliphatic heterocycles. The van der Waals surface area contributed by atoms with Gasteiger partial charge in [-0.1, -0.05) is 11.6 Å². The Balaban J connectivity index is 2.26. The molecule has 88 valence electrons. The van der Waals surface area contributed by atoms with Crippen molar-refractivity contribution in [2.45, 2.75) is 0 Å². The van der Waals surface area contributed by atoms with Gasteiger partial charge in [0.05, 0.1) is 12.1 Å². The fourth-order valence-electron chi connectivity index (χ4n) is 1.30. The number of aromatic nitrogens is 1. The van der Waals surface area contributed by atoms with Crippen molar-refractivity contribution in [1.82, 2.24) is 4.98 Å². The fourth-order valence-corrected chi connectivity index (χ4v) is 1.42. The molecule has 0 saturated carbocycles. The number of halogens is 1. The molecule has 0 aliphatic carbocycles. The molecule has 0 spiro atoms. The molecule has 0 aliphatic rings. The summed E-state index contributed by atoms with van der Waals surface area (Å²) >= 11 is 5.73. The van der Waals surface area contributed by atoms with Crippen molar-refractivity contribution in [3.63, 3.8) is 0 Å². The molecule has 0 fully saturated rings. The number of methoxy groups -OCH3 is 1.